The summed E-state index contributed by atoms with van der Waals surface area (Å²) in [6, 6.07) is 10.9. The van der Waals surface area contributed by atoms with E-state index in [1.165, 1.54) is 12.4 Å². The molecule has 0 unspecified atom stereocenters. The summed E-state index contributed by atoms with van der Waals surface area (Å²) in [5.74, 6) is -0.0249. The molecule has 0 spiro atoms. The molecule has 0 aliphatic carbocycles. The zero-order chi connectivity index (χ0) is 20.4. The van der Waals surface area contributed by atoms with E-state index in [0.717, 1.165) is 12.5 Å². The van der Waals surface area contributed by atoms with Crippen LogP contribution >= 0.6 is 0 Å². The molecule has 0 saturated carbocycles. The van der Waals surface area contributed by atoms with E-state index in [0.29, 0.717) is 29.9 Å². The Morgan fingerprint density at radius 2 is 1.83 bits per heavy atom. The number of carbonyl (C=O) groups is 1. The fourth-order valence-electron chi connectivity index (χ4n) is 3.11. The van der Waals surface area contributed by atoms with Gasteiger partial charge in [0.2, 0.25) is 5.91 Å². The minimum Gasteiger partial charge on any atom is -0.340 e. The van der Waals surface area contributed by atoms with E-state index in [2.05, 4.69) is 20.3 Å². The van der Waals surface area contributed by atoms with Crippen LogP contribution in [-0.2, 0) is 11.0 Å². The van der Waals surface area contributed by atoms with Crippen molar-refractivity contribution in [2.24, 2.45) is 0 Å². The van der Waals surface area contributed by atoms with Crippen molar-refractivity contribution in [1.82, 2.24) is 15.0 Å². The van der Waals surface area contributed by atoms with Crippen LogP contribution in [0.25, 0.3) is 11.4 Å². The van der Waals surface area contributed by atoms with Gasteiger partial charge in [0.25, 0.3) is 0 Å². The highest BCUT2D eigenvalue weighted by Gasteiger charge is 2.34. The molecule has 29 heavy (non-hydrogen) atoms. The molecule has 1 amide bonds. The van der Waals surface area contributed by atoms with Gasteiger partial charge >= 0.3 is 6.18 Å². The van der Waals surface area contributed by atoms with E-state index in [1.807, 2.05) is 0 Å². The smallest absolute Gasteiger partial charge is 0.340 e. The van der Waals surface area contributed by atoms with Crippen LogP contribution in [0.1, 0.15) is 18.5 Å². The van der Waals surface area contributed by atoms with Crippen LogP contribution in [0.4, 0.5) is 30.4 Å². The second-order valence-electron chi connectivity index (χ2n) is 6.52. The van der Waals surface area contributed by atoms with Gasteiger partial charge in [-0.15, -0.1) is 0 Å². The van der Waals surface area contributed by atoms with E-state index in [1.54, 1.807) is 41.3 Å². The van der Waals surface area contributed by atoms with Crippen LogP contribution in [0.2, 0.25) is 0 Å². The van der Waals surface area contributed by atoms with Crippen molar-refractivity contribution in [2.75, 3.05) is 16.8 Å². The predicted molar refractivity (Wildman–Crippen MR) is 102 cm³/mol. The number of nitrogens with zero attached hydrogens (tertiary/aromatic N) is 4. The molecule has 6 nitrogen and oxygen atoms in total. The maximum absolute atomic E-state index is 13.3. The van der Waals surface area contributed by atoms with Gasteiger partial charge < -0.3 is 10.2 Å². The Balaban J connectivity index is 1.69. The van der Waals surface area contributed by atoms with E-state index in [4.69, 9.17) is 0 Å². The molecule has 0 atom stereocenters. The second-order valence-corrected chi connectivity index (χ2v) is 6.52. The quantitative estimate of drug-likeness (QED) is 0.703. The third kappa shape index (κ3) is 4.18. The first kappa shape index (κ1) is 18.9. The molecular weight excluding hydrogens is 383 g/mol. The van der Waals surface area contributed by atoms with Crippen LogP contribution in [0.15, 0.2) is 54.9 Å². The Kier molecular flexibility index (Phi) is 4.87. The number of amides is 1. The van der Waals surface area contributed by atoms with Gasteiger partial charge in [0.1, 0.15) is 5.82 Å². The van der Waals surface area contributed by atoms with Gasteiger partial charge in [0.15, 0.2) is 11.5 Å². The van der Waals surface area contributed by atoms with Gasteiger partial charge in [-0.1, -0.05) is 6.07 Å². The summed E-state index contributed by atoms with van der Waals surface area (Å²) in [4.78, 5) is 25.4. The number of carbonyl (C=O) groups excluding carboxylic acids is 1. The van der Waals surface area contributed by atoms with Gasteiger partial charge in [0.05, 0.1) is 0 Å². The van der Waals surface area contributed by atoms with Crippen LogP contribution in [0.5, 0.6) is 0 Å². The highest BCUT2D eigenvalue weighted by Crippen LogP contribution is 2.32. The topological polar surface area (TPSA) is 71.0 Å². The lowest BCUT2D eigenvalue weighted by atomic mass is 10.2. The SMILES string of the molecule is O=C1CCCN1c1cccc(Nc2cc(C(F)(F)F)nc(-c3ccncc3)n2)c1. The van der Waals surface area contributed by atoms with Crippen molar-refractivity contribution < 1.29 is 18.0 Å². The normalized spacial score (nSPS) is 14.3. The van der Waals surface area contributed by atoms with Gasteiger partial charge in [-0.05, 0) is 36.8 Å². The molecule has 9 heteroatoms. The molecule has 148 valence electrons. The third-order valence-electron chi connectivity index (χ3n) is 4.46. The fraction of sp³-hybridized carbons (Fsp3) is 0.200. The van der Waals surface area contributed by atoms with Crippen LogP contribution < -0.4 is 10.2 Å². The summed E-state index contributed by atoms with van der Waals surface area (Å²) in [6.07, 6.45) is -0.420. The Morgan fingerprint density at radius 3 is 2.52 bits per heavy atom. The molecule has 1 aliphatic heterocycles. The number of hydrogen-bond donors (Lipinski definition) is 1. The number of benzene rings is 1. The van der Waals surface area contributed by atoms with Gasteiger partial charge in [-0.2, -0.15) is 13.2 Å². The molecule has 0 bridgehead atoms. The first-order valence-corrected chi connectivity index (χ1v) is 8.94. The lowest BCUT2D eigenvalue weighted by molar-refractivity contribution is -0.141. The summed E-state index contributed by atoms with van der Waals surface area (Å²) in [6.45, 7) is 0.625. The van der Waals surface area contributed by atoms with Crippen molar-refractivity contribution in [1.29, 1.82) is 0 Å². The Hall–Kier alpha value is -3.49. The molecular formula is C20H16F3N5O. The van der Waals surface area contributed by atoms with Gasteiger partial charge in [0, 0.05) is 48.4 Å². The zero-order valence-corrected chi connectivity index (χ0v) is 15.1. The number of pyridine rings is 1. The number of rotatable bonds is 4. The second kappa shape index (κ2) is 7.50. The molecule has 4 rings (SSSR count). The molecule has 1 N–H and O–H groups in total. The number of anilines is 3. The first-order chi connectivity index (χ1) is 13.9. The molecule has 1 saturated heterocycles. The van der Waals surface area contributed by atoms with Crippen molar-refractivity contribution in [2.45, 2.75) is 19.0 Å². The predicted octanol–water partition coefficient (Wildman–Crippen LogP) is 4.43. The minimum atomic E-state index is -4.62. The molecule has 0 radical (unpaired) electrons. The van der Waals surface area contributed by atoms with Gasteiger partial charge in [-0.25, -0.2) is 9.97 Å². The van der Waals surface area contributed by atoms with E-state index in [9.17, 15) is 18.0 Å². The molecule has 1 fully saturated rings. The monoisotopic (exact) mass is 399 g/mol. The number of aromatic nitrogens is 3. The largest absolute Gasteiger partial charge is 0.433 e. The molecule has 3 aromatic rings. The lowest BCUT2D eigenvalue weighted by Crippen LogP contribution is -2.23. The fourth-order valence-corrected chi connectivity index (χ4v) is 3.11. The van der Waals surface area contributed by atoms with Crippen LogP contribution in [0.3, 0.4) is 0 Å². The summed E-state index contributed by atoms with van der Waals surface area (Å²) in [7, 11) is 0. The highest BCUT2D eigenvalue weighted by atomic mass is 19.4. The van der Waals surface area contributed by atoms with Gasteiger partial charge in [-0.3, -0.25) is 9.78 Å². The van der Waals surface area contributed by atoms with Crippen LogP contribution in [-0.4, -0.2) is 27.4 Å². The summed E-state index contributed by atoms with van der Waals surface area (Å²) < 4.78 is 40.0. The average molecular weight is 399 g/mol. The number of nitrogens with one attached hydrogen (secondary N) is 1. The number of halogens is 3. The molecule has 3 heterocycles. The van der Waals surface area contributed by atoms with Crippen molar-refractivity contribution >= 4 is 23.1 Å². The third-order valence-corrected chi connectivity index (χ3v) is 4.46. The Morgan fingerprint density at radius 1 is 1.03 bits per heavy atom. The highest BCUT2D eigenvalue weighted by molar-refractivity contribution is 5.95. The molecule has 1 aromatic carbocycles. The Labute approximate surface area is 164 Å². The first-order valence-electron chi connectivity index (χ1n) is 8.94. The standard InChI is InChI=1S/C20H16F3N5O/c21-20(22,23)16-12-17(27-19(26-16)13-6-8-24-9-7-13)25-14-3-1-4-15(11-14)28-10-2-5-18(28)29/h1,3-4,6-9,11-12H,2,5,10H2,(H,25,26,27). The van der Waals surface area contributed by atoms with E-state index >= 15 is 0 Å². The number of alkyl halides is 3. The average Bonchev–Trinajstić information content (AvgIpc) is 3.14. The molecule has 1 aliphatic rings. The summed E-state index contributed by atoms with van der Waals surface area (Å²) in [5, 5.41) is 2.90. The Bertz CT molecular complexity index is 1040. The maximum atomic E-state index is 13.3. The van der Waals surface area contributed by atoms with E-state index in [-0.39, 0.29) is 17.5 Å². The number of hydrogen-bond acceptors (Lipinski definition) is 5. The minimum absolute atomic E-state index is 0.00374. The lowest BCUT2D eigenvalue weighted by Gasteiger charge is -2.17. The molecule has 2 aromatic heterocycles. The van der Waals surface area contributed by atoms with Crippen LogP contribution in [0, 0.1) is 0 Å². The van der Waals surface area contributed by atoms with Crippen molar-refractivity contribution in [3.8, 4) is 11.4 Å². The van der Waals surface area contributed by atoms with Crippen molar-refractivity contribution in [3.63, 3.8) is 0 Å². The summed E-state index contributed by atoms with van der Waals surface area (Å²) >= 11 is 0. The zero-order valence-electron chi connectivity index (χ0n) is 15.1. The van der Waals surface area contributed by atoms with Crippen molar-refractivity contribution in [3.05, 3.63) is 60.6 Å². The summed E-state index contributed by atoms with van der Waals surface area (Å²) in [5.41, 5.74) is 0.588. The van der Waals surface area contributed by atoms with E-state index < -0.39 is 11.9 Å². The maximum Gasteiger partial charge on any atom is 0.433 e.